The number of allylic oxidation sites excluding steroid dienone is 1. The van der Waals surface area contributed by atoms with Gasteiger partial charge in [-0.25, -0.2) is 9.97 Å². The molecule has 17 heavy (non-hydrogen) atoms. The molecule has 5 heteroatoms. The van der Waals surface area contributed by atoms with E-state index in [0.717, 1.165) is 17.5 Å². The summed E-state index contributed by atoms with van der Waals surface area (Å²) in [6.45, 7) is 8.64. The molecule has 0 aliphatic rings. The number of aromatic nitrogens is 3. The highest BCUT2D eigenvalue weighted by molar-refractivity contribution is 7.11. The predicted molar refractivity (Wildman–Crippen MR) is 71.3 cm³/mol. The van der Waals surface area contributed by atoms with Gasteiger partial charge in [-0.3, -0.25) is 0 Å². The first kappa shape index (κ1) is 11.9. The zero-order chi connectivity index (χ0) is 12.3. The van der Waals surface area contributed by atoms with Crippen molar-refractivity contribution in [3.63, 3.8) is 0 Å². The summed E-state index contributed by atoms with van der Waals surface area (Å²) in [4.78, 5) is 9.88. The Bertz CT molecular complexity index is 500. The maximum Gasteiger partial charge on any atom is 0.203 e. The molecule has 0 fully saturated rings. The lowest BCUT2D eigenvalue weighted by Gasteiger charge is -2.13. The first-order chi connectivity index (χ1) is 8.20. The van der Waals surface area contributed by atoms with Gasteiger partial charge in [0.05, 0.1) is 6.04 Å². The molecule has 0 radical (unpaired) electrons. The molecule has 0 aromatic carbocycles. The molecular weight excluding hydrogens is 232 g/mol. The molecule has 2 aromatic heterocycles. The first-order valence-corrected chi connectivity index (χ1v) is 6.33. The quantitative estimate of drug-likeness (QED) is 0.827. The largest absolute Gasteiger partial charge is 0.347 e. The van der Waals surface area contributed by atoms with E-state index in [4.69, 9.17) is 0 Å². The number of rotatable bonds is 5. The Labute approximate surface area is 105 Å². The Morgan fingerprint density at radius 2 is 2.41 bits per heavy atom. The number of aryl methyl sites for hydroxylation is 1. The molecule has 0 saturated heterocycles. The molecule has 1 N–H and O–H groups in total. The topological polar surface area (TPSA) is 42.7 Å². The fourth-order valence-electron chi connectivity index (χ4n) is 1.56. The number of imidazole rings is 1. The summed E-state index contributed by atoms with van der Waals surface area (Å²) in [6.07, 6.45) is 7.47. The summed E-state index contributed by atoms with van der Waals surface area (Å²) in [5.41, 5.74) is 0. The van der Waals surface area contributed by atoms with Crippen molar-refractivity contribution in [2.24, 2.45) is 0 Å². The Morgan fingerprint density at radius 3 is 3.06 bits per heavy atom. The second-order valence-electron chi connectivity index (χ2n) is 3.87. The molecule has 90 valence electrons. The number of anilines is 1. The molecule has 1 unspecified atom stereocenters. The molecule has 0 amide bonds. The fourth-order valence-corrected chi connectivity index (χ4v) is 2.34. The van der Waals surface area contributed by atoms with Crippen molar-refractivity contribution in [3.05, 3.63) is 41.1 Å². The third-order valence-corrected chi connectivity index (χ3v) is 3.49. The second-order valence-corrected chi connectivity index (χ2v) is 5.13. The van der Waals surface area contributed by atoms with Crippen LogP contribution >= 0.6 is 11.3 Å². The minimum atomic E-state index is 0.166. The zero-order valence-electron chi connectivity index (χ0n) is 10.1. The molecule has 2 aromatic rings. The van der Waals surface area contributed by atoms with E-state index in [9.17, 15) is 0 Å². The first-order valence-electron chi connectivity index (χ1n) is 5.51. The number of nitrogens with zero attached hydrogens (tertiary/aromatic N) is 3. The van der Waals surface area contributed by atoms with Gasteiger partial charge in [0.1, 0.15) is 5.01 Å². The average molecular weight is 248 g/mol. The molecule has 0 spiro atoms. The minimum Gasteiger partial charge on any atom is -0.347 e. The minimum absolute atomic E-state index is 0.166. The van der Waals surface area contributed by atoms with Gasteiger partial charge in [-0.2, -0.15) is 0 Å². The van der Waals surface area contributed by atoms with Crippen LogP contribution in [0.3, 0.4) is 0 Å². The molecule has 0 aliphatic carbocycles. The van der Waals surface area contributed by atoms with E-state index in [-0.39, 0.29) is 6.04 Å². The summed E-state index contributed by atoms with van der Waals surface area (Å²) < 4.78 is 2.02. The van der Waals surface area contributed by atoms with Crippen LogP contribution in [-0.2, 0) is 6.54 Å². The van der Waals surface area contributed by atoms with Crippen molar-refractivity contribution >= 4 is 17.3 Å². The maximum absolute atomic E-state index is 4.37. The van der Waals surface area contributed by atoms with E-state index in [2.05, 4.69) is 35.7 Å². The van der Waals surface area contributed by atoms with Gasteiger partial charge in [-0.1, -0.05) is 6.08 Å². The highest BCUT2D eigenvalue weighted by atomic mass is 32.1. The van der Waals surface area contributed by atoms with Gasteiger partial charge in [-0.15, -0.1) is 17.9 Å². The highest BCUT2D eigenvalue weighted by Gasteiger charge is 2.11. The van der Waals surface area contributed by atoms with E-state index in [1.165, 1.54) is 4.88 Å². The van der Waals surface area contributed by atoms with Crippen LogP contribution in [0.15, 0.2) is 31.2 Å². The summed E-state index contributed by atoms with van der Waals surface area (Å²) in [6, 6.07) is 0.166. The summed E-state index contributed by atoms with van der Waals surface area (Å²) in [7, 11) is 0. The van der Waals surface area contributed by atoms with Gasteiger partial charge in [-0.05, 0) is 13.8 Å². The van der Waals surface area contributed by atoms with Crippen LogP contribution in [-0.4, -0.2) is 14.5 Å². The molecule has 0 aliphatic heterocycles. The van der Waals surface area contributed by atoms with E-state index in [0.29, 0.717) is 0 Å². The normalized spacial score (nSPS) is 12.4. The summed E-state index contributed by atoms with van der Waals surface area (Å²) in [5.74, 6) is 0.852. The maximum atomic E-state index is 4.37. The third-order valence-electron chi connectivity index (χ3n) is 2.40. The monoisotopic (exact) mass is 248 g/mol. The van der Waals surface area contributed by atoms with Crippen molar-refractivity contribution in [1.82, 2.24) is 14.5 Å². The summed E-state index contributed by atoms with van der Waals surface area (Å²) in [5, 5.41) is 4.44. The van der Waals surface area contributed by atoms with Crippen LogP contribution < -0.4 is 5.32 Å². The third kappa shape index (κ3) is 2.74. The van der Waals surface area contributed by atoms with Crippen LogP contribution in [0, 0.1) is 6.92 Å². The molecule has 0 saturated carbocycles. The average Bonchev–Trinajstić information content (AvgIpc) is 2.89. The number of thiazole rings is 1. The zero-order valence-corrected chi connectivity index (χ0v) is 10.9. The Balaban J connectivity index is 2.09. The number of hydrogen-bond acceptors (Lipinski definition) is 4. The molecule has 4 nitrogen and oxygen atoms in total. The smallest absolute Gasteiger partial charge is 0.203 e. The van der Waals surface area contributed by atoms with Gasteiger partial charge in [0.25, 0.3) is 0 Å². The number of nitrogens with one attached hydrogen (secondary N) is 1. The van der Waals surface area contributed by atoms with Crippen LogP contribution in [0.2, 0.25) is 0 Å². The standard InChI is InChI=1S/C12H16N4S/c1-4-6-16-7-5-13-12(16)15-10(3)11-14-8-9(2)17-11/h4-5,7-8,10H,1,6H2,2-3H3,(H,13,15). The molecule has 0 bridgehead atoms. The predicted octanol–water partition coefficient (Wildman–Crippen LogP) is 3.01. The van der Waals surface area contributed by atoms with E-state index < -0.39 is 0 Å². The SMILES string of the molecule is C=CCn1ccnc1NC(C)c1ncc(C)s1. The van der Waals surface area contributed by atoms with E-state index >= 15 is 0 Å². The van der Waals surface area contributed by atoms with Crippen molar-refractivity contribution in [2.75, 3.05) is 5.32 Å². The van der Waals surface area contributed by atoms with E-state index in [1.54, 1.807) is 17.5 Å². The van der Waals surface area contributed by atoms with Gasteiger partial charge in [0, 0.05) is 30.0 Å². The lowest BCUT2D eigenvalue weighted by Crippen LogP contribution is -2.11. The van der Waals surface area contributed by atoms with Gasteiger partial charge >= 0.3 is 0 Å². The molecule has 2 heterocycles. The van der Waals surface area contributed by atoms with Gasteiger partial charge in [0.2, 0.25) is 5.95 Å². The molecular formula is C12H16N4S. The van der Waals surface area contributed by atoms with Crippen molar-refractivity contribution in [3.8, 4) is 0 Å². The lowest BCUT2D eigenvalue weighted by atomic mass is 10.3. The molecule has 2 rings (SSSR count). The van der Waals surface area contributed by atoms with Crippen LogP contribution in [0.5, 0.6) is 0 Å². The lowest BCUT2D eigenvalue weighted by molar-refractivity contribution is 0.780. The second kappa shape index (κ2) is 5.14. The van der Waals surface area contributed by atoms with E-state index in [1.807, 2.05) is 23.0 Å². The van der Waals surface area contributed by atoms with Crippen LogP contribution in [0.4, 0.5) is 5.95 Å². The Morgan fingerprint density at radius 1 is 1.59 bits per heavy atom. The summed E-state index contributed by atoms with van der Waals surface area (Å²) >= 11 is 1.71. The van der Waals surface area contributed by atoms with Crippen LogP contribution in [0.25, 0.3) is 0 Å². The fraction of sp³-hybridized carbons (Fsp3) is 0.333. The van der Waals surface area contributed by atoms with Crippen molar-refractivity contribution in [1.29, 1.82) is 0 Å². The van der Waals surface area contributed by atoms with Gasteiger partial charge < -0.3 is 9.88 Å². The molecule has 1 atom stereocenters. The number of hydrogen-bond donors (Lipinski definition) is 1. The Kier molecular flexibility index (Phi) is 3.58. The van der Waals surface area contributed by atoms with Crippen molar-refractivity contribution in [2.45, 2.75) is 26.4 Å². The van der Waals surface area contributed by atoms with Gasteiger partial charge in [0.15, 0.2) is 0 Å². The van der Waals surface area contributed by atoms with Crippen molar-refractivity contribution < 1.29 is 0 Å². The highest BCUT2D eigenvalue weighted by Crippen LogP contribution is 2.22. The van der Waals surface area contributed by atoms with Crippen LogP contribution in [0.1, 0.15) is 22.9 Å². The Hall–Kier alpha value is -1.62.